The average molecular weight is 482 g/mol. The molecular formula is C25H27N3O5S. The first-order valence-corrected chi connectivity index (χ1v) is 12.1. The number of sulfonamides is 1. The van der Waals surface area contributed by atoms with Crippen LogP contribution in [0.25, 0.3) is 0 Å². The van der Waals surface area contributed by atoms with Crippen molar-refractivity contribution in [3.63, 3.8) is 0 Å². The van der Waals surface area contributed by atoms with Gasteiger partial charge < -0.3 is 9.47 Å². The van der Waals surface area contributed by atoms with Crippen LogP contribution in [-0.2, 0) is 14.8 Å². The molecule has 1 N–H and O–H groups in total. The second-order valence-corrected chi connectivity index (χ2v) is 9.18. The number of amides is 1. The van der Waals surface area contributed by atoms with Crippen LogP contribution in [0.3, 0.4) is 0 Å². The standard InChI is InChI=1S/C25H27N3O5S/c1-4-33-23-11-7-20(8-12-23)17-26-27-25(29)18-28(21-9-13-22(32-3)14-10-21)34(30,31)24-15-5-19(2)6-16-24/h5-17H,4,18H2,1-3H3,(H,27,29)/b26-17-. The molecule has 1 amide bonds. The third-order valence-corrected chi connectivity index (χ3v) is 6.64. The summed E-state index contributed by atoms with van der Waals surface area (Å²) in [5.41, 5.74) is 4.40. The van der Waals surface area contributed by atoms with E-state index < -0.39 is 22.5 Å². The maximum Gasteiger partial charge on any atom is 0.264 e. The van der Waals surface area contributed by atoms with Crippen LogP contribution in [0.5, 0.6) is 11.5 Å². The lowest BCUT2D eigenvalue weighted by Crippen LogP contribution is -2.39. The Labute approximate surface area is 199 Å². The van der Waals surface area contributed by atoms with Crippen molar-refractivity contribution in [3.8, 4) is 11.5 Å². The Bertz CT molecular complexity index is 1220. The smallest absolute Gasteiger partial charge is 0.264 e. The fraction of sp³-hybridized carbons (Fsp3) is 0.200. The molecule has 0 aliphatic carbocycles. The molecule has 0 unspecified atom stereocenters. The first-order chi connectivity index (χ1) is 16.3. The van der Waals surface area contributed by atoms with Gasteiger partial charge in [-0.25, -0.2) is 13.8 Å². The summed E-state index contributed by atoms with van der Waals surface area (Å²) in [6.45, 7) is 3.88. The number of carbonyl (C=O) groups excluding carboxylic acids is 1. The third kappa shape index (κ3) is 6.35. The highest BCUT2D eigenvalue weighted by atomic mass is 32.2. The molecule has 0 aliphatic heterocycles. The van der Waals surface area contributed by atoms with Gasteiger partial charge in [0.15, 0.2) is 0 Å². The minimum Gasteiger partial charge on any atom is -0.497 e. The SMILES string of the molecule is CCOc1ccc(/C=N\NC(=O)CN(c2ccc(OC)cc2)S(=O)(=O)c2ccc(C)cc2)cc1. The Balaban J connectivity index is 1.78. The van der Waals surface area contributed by atoms with Crippen molar-refractivity contribution in [2.45, 2.75) is 18.7 Å². The number of aryl methyl sites for hydroxylation is 1. The second-order valence-electron chi connectivity index (χ2n) is 7.32. The van der Waals surface area contributed by atoms with Crippen molar-refractivity contribution >= 4 is 27.8 Å². The number of ether oxygens (including phenoxy) is 2. The van der Waals surface area contributed by atoms with Crippen LogP contribution in [0.15, 0.2) is 82.8 Å². The number of anilines is 1. The molecule has 3 aromatic carbocycles. The maximum absolute atomic E-state index is 13.4. The lowest BCUT2D eigenvalue weighted by atomic mass is 10.2. The highest BCUT2D eigenvalue weighted by Gasteiger charge is 2.27. The molecule has 0 aliphatic rings. The number of nitrogens with zero attached hydrogens (tertiary/aromatic N) is 2. The van der Waals surface area contributed by atoms with Crippen molar-refractivity contribution in [2.24, 2.45) is 5.10 Å². The molecule has 0 heterocycles. The normalized spacial score (nSPS) is 11.3. The van der Waals surface area contributed by atoms with Crippen molar-refractivity contribution in [3.05, 3.63) is 83.9 Å². The van der Waals surface area contributed by atoms with Crippen LogP contribution in [0.4, 0.5) is 5.69 Å². The van der Waals surface area contributed by atoms with Crippen LogP contribution in [0, 0.1) is 6.92 Å². The number of methoxy groups -OCH3 is 1. The number of hydrogen-bond donors (Lipinski definition) is 1. The minimum atomic E-state index is -4.01. The van der Waals surface area contributed by atoms with Crippen LogP contribution < -0.4 is 19.2 Å². The predicted molar refractivity (Wildman–Crippen MR) is 132 cm³/mol. The Morgan fingerprint density at radius 3 is 2.18 bits per heavy atom. The van der Waals surface area contributed by atoms with E-state index in [1.165, 1.54) is 25.5 Å². The Morgan fingerprint density at radius 2 is 1.59 bits per heavy atom. The van der Waals surface area contributed by atoms with Gasteiger partial charge in [0.25, 0.3) is 15.9 Å². The molecule has 0 spiro atoms. The zero-order valence-corrected chi connectivity index (χ0v) is 20.1. The molecule has 0 saturated heterocycles. The fourth-order valence-electron chi connectivity index (χ4n) is 3.06. The van der Waals surface area contributed by atoms with E-state index in [0.717, 1.165) is 21.2 Å². The number of carbonyl (C=O) groups is 1. The van der Waals surface area contributed by atoms with Crippen molar-refractivity contribution < 1.29 is 22.7 Å². The lowest BCUT2D eigenvalue weighted by molar-refractivity contribution is -0.119. The first-order valence-electron chi connectivity index (χ1n) is 10.6. The predicted octanol–water partition coefficient (Wildman–Crippen LogP) is 3.75. The van der Waals surface area contributed by atoms with E-state index in [0.29, 0.717) is 18.0 Å². The second kappa shape index (κ2) is 11.3. The van der Waals surface area contributed by atoms with Gasteiger partial charge in [-0.1, -0.05) is 17.7 Å². The van der Waals surface area contributed by atoms with Gasteiger partial charge in [0.1, 0.15) is 18.0 Å². The molecular weight excluding hydrogens is 454 g/mol. The molecule has 178 valence electrons. The largest absolute Gasteiger partial charge is 0.497 e. The molecule has 0 radical (unpaired) electrons. The summed E-state index contributed by atoms with van der Waals surface area (Å²) in [7, 11) is -2.49. The van der Waals surface area contributed by atoms with E-state index in [9.17, 15) is 13.2 Å². The number of nitrogens with one attached hydrogen (secondary N) is 1. The monoisotopic (exact) mass is 481 g/mol. The number of rotatable bonds is 10. The Kier molecular flexibility index (Phi) is 8.26. The summed E-state index contributed by atoms with van der Waals surface area (Å²) < 4.78 is 38.3. The van der Waals surface area contributed by atoms with Crippen molar-refractivity contribution in [1.29, 1.82) is 0 Å². The molecule has 3 aromatic rings. The quantitative estimate of drug-likeness (QED) is 0.351. The fourth-order valence-corrected chi connectivity index (χ4v) is 4.48. The molecule has 0 bridgehead atoms. The zero-order valence-electron chi connectivity index (χ0n) is 19.3. The van der Waals surface area contributed by atoms with E-state index in [1.54, 1.807) is 60.7 Å². The highest BCUT2D eigenvalue weighted by Crippen LogP contribution is 2.26. The number of hydrogen-bond acceptors (Lipinski definition) is 6. The molecule has 8 nitrogen and oxygen atoms in total. The number of benzene rings is 3. The molecule has 3 rings (SSSR count). The molecule has 0 aromatic heterocycles. The summed E-state index contributed by atoms with van der Waals surface area (Å²) in [6.07, 6.45) is 1.47. The van der Waals surface area contributed by atoms with Gasteiger partial charge in [-0.2, -0.15) is 5.10 Å². The van der Waals surface area contributed by atoms with E-state index in [1.807, 2.05) is 13.8 Å². The molecule has 0 saturated carbocycles. The van der Waals surface area contributed by atoms with E-state index >= 15 is 0 Å². The van der Waals surface area contributed by atoms with Gasteiger partial charge in [-0.3, -0.25) is 9.10 Å². The average Bonchev–Trinajstić information content (AvgIpc) is 2.84. The van der Waals surface area contributed by atoms with Crippen LogP contribution in [0.2, 0.25) is 0 Å². The van der Waals surface area contributed by atoms with Crippen LogP contribution in [0.1, 0.15) is 18.1 Å². The summed E-state index contributed by atoms with van der Waals surface area (Å²) >= 11 is 0. The summed E-state index contributed by atoms with van der Waals surface area (Å²) in [4.78, 5) is 12.7. The molecule has 9 heteroatoms. The summed E-state index contributed by atoms with van der Waals surface area (Å²) in [5, 5.41) is 3.95. The van der Waals surface area contributed by atoms with Gasteiger partial charge in [-0.15, -0.1) is 0 Å². The molecule has 34 heavy (non-hydrogen) atoms. The highest BCUT2D eigenvalue weighted by molar-refractivity contribution is 7.92. The lowest BCUT2D eigenvalue weighted by Gasteiger charge is -2.24. The Morgan fingerprint density at radius 1 is 0.971 bits per heavy atom. The number of hydrazone groups is 1. The third-order valence-electron chi connectivity index (χ3n) is 4.85. The van der Waals surface area contributed by atoms with Crippen molar-refractivity contribution in [1.82, 2.24) is 5.43 Å². The van der Waals surface area contributed by atoms with Gasteiger partial charge in [0.2, 0.25) is 0 Å². The van der Waals surface area contributed by atoms with Gasteiger partial charge in [-0.05, 0) is 80.1 Å². The van der Waals surface area contributed by atoms with E-state index in [4.69, 9.17) is 9.47 Å². The van der Waals surface area contributed by atoms with Gasteiger partial charge in [0, 0.05) is 0 Å². The first kappa shape index (κ1) is 24.8. The van der Waals surface area contributed by atoms with Gasteiger partial charge in [0.05, 0.1) is 30.5 Å². The molecule has 0 atom stereocenters. The Hall–Kier alpha value is -3.85. The minimum absolute atomic E-state index is 0.0830. The molecule has 0 fully saturated rings. The maximum atomic E-state index is 13.4. The topological polar surface area (TPSA) is 97.3 Å². The van der Waals surface area contributed by atoms with E-state index in [-0.39, 0.29) is 4.90 Å². The van der Waals surface area contributed by atoms with E-state index in [2.05, 4.69) is 10.5 Å². The zero-order chi connectivity index (χ0) is 24.6. The summed E-state index contributed by atoms with van der Waals surface area (Å²) in [5.74, 6) is 0.717. The van der Waals surface area contributed by atoms with Gasteiger partial charge >= 0.3 is 0 Å². The summed E-state index contributed by atoms with van der Waals surface area (Å²) in [6, 6.07) is 20.1. The van der Waals surface area contributed by atoms with Crippen LogP contribution >= 0.6 is 0 Å². The van der Waals surface area contributed by atoms with Crippen LogP contribution in [-0.4, -0.2) is 40.8 Å². The van der Waals surface area contributed by atoms with Crippen molar-refractivity contribution in [2.75, 3.05) is 24.6 Å².